The molecule has 2 saturated heterocycles. The largest absolute Gasteiger partial charge is 0.381 e. The lowest BCUT2D eigenvalue weighted by Gasteiger charge is -2.43. The highest BCUT2D eigenvalue weighted by Crippen LogP contribution is 2.31. The van der Waals surface area contributed by atoms with E-state index in [2.05, 4.69) is 17.3 Å². The van der Waals surface area contributed by atoms with E-state index in [1.807, 2.05) is 7.11 Å². The van der Waals surface area contributed by atoms with Crippen LogP contribution in [0, 0.1) is 5.41 Å². The smallest absolute Gasteiger partial charge is 0.0595 e. The first-order valence-electron chi connectivity index (χ1n) is 7.25. The maximum Gasteiger partial charge on any atom is 0.0595 e. The monoisotopic (exact) mass is 256 g/mol. The van der Waals surface area contributed by atoms with Gasteiger partial charge in [-0.25, -0.2) is 0 Å². The van der Waals surface area contributed by atoms with E-state index in [-0.39, 0.29) is 0 Å². The number of hydrogen-bond donors (Lipinski definition) is 1. The molecule has 0 atom stereocenters. The molecule has 0 amide bonds. The van der Waals surface area contributed by atoms with Crippen LogP contribution in [0.2, 0.25) is 0 Å². The Balaban J connectivity index is 1.85. The molecule has 2 aliphatic rings. The van der Waals surface area contributed by atoms with Crippen LogP contribution in [0.4, 0.5) is 0 Å². The van der Waals surface area contributed by atoms with Gasteiger partial charge in [-0.15, -0.1) is 0 Å². The van der Waals surface area contributed by atoms with Crippen molar-refractivity contribution in [1.82, 2.24) is 10.2 Å². The molecule has 4 nitrogen and oxygen atoms in total. The van der Waals surface area contributed by atoms with E-state index >= 15 is 0 Å². The Labute approximate surface area is 111 Å². The molecule has 2 aliphatic heterocycles. The van der Waals surface area contributed by atoms with Gasteiger partial charge in [-0.05, 0) is 38.1 Å². The summed E-state index contributed by atoms with van der Waals surface area (Å²) >= 11 is 0. The van der Waals surface area contributed by atoms with Gasteiger partial charge in [0.15, 0.2) is 0 Å². The summed E-state index contributed by atoms with van der Waals surface area (Å²) in [6, 6.07) is 0. The lowest BCUT2D eigenvalue weighted by Crippen LogP contribution is -2.49. The van der Waals surface area contributed by atoms with Gasteiger partial charge >= 0.3 is 0 Å². The third-order valence-electron chi connectivity index (χ3n) is 4.53. The Morgan fingerprint density at radius 3 is 2.50 bits per heavy atom. The summed E-state index contributed by atoms with van der Waals surface area (Å²) in [5.41, 5.74) is 0.424. The maximum absolute atomic E-state index is 5.53. The van der Waals surface area contributed by atoms with Gasteiger partial charge in [-0.2, -0.15) is 0 Å². The quantitative estimate of drug-likeness (QED) is 0.799. The molecule has 2 fully saturated rings. The second-order valence-electron chi connectivity index (χ2n) is 5.85. The maximum atomic E-state index is 5.53. The summed E-state index contributed by atoms with van der Waals surface area (Å²) in [4.78, 5) is 2.62. The first-order chi connectivity index (χ1) is 8.78. The van der Waals surface area contributed by atoms with Gasteiger partial charge in [-0.1, -0.05) is 0 Å². The molecular weight excluding hydrogens is 228 g/mol. The van der Waals surface area contributed by atoms with E-state index in [1.165, 1.54) is 45.3 Å². The number of piperidine rings is 1. The van der Waals surface area contributed by atoms with Crippen molar-refractivity contribution in [2.45, 2.75) is 31.8 Å². The van der Waals surface area contributed by atoms with Crippen LogP contribution >= 0.6 is 0 Å². The van der Waals surface area contributed by atoms with Crippen molar-refractivity contribution < 1.29 is 9.47 Å². The fourth-order valence-electron chi connectivity index (χ4n) is 3.35. The molecule has 0 unspecified atom stereocenters. The second-order valence-corrected chi connectivity index (χ2v) is 5.85. The molecule has 0 aromatic heterocycles. The van der Waals surface area contributed by atoms with Crippen LogP contribution in [0.5, 0.6) is 0 Å². The van der Waals surface area contributed by atoms with E-state index in [1.54, 1.807) is 0 Å². The molecule has 1 N–H and O–H groups in total. The normalized spacial score (nSPS) is 26.3. The molecule has 18 heavy (non-hydrogen) atoms. The molecule has 2 heterocycles. The zero-order valence-corrected chi connectivity index (χ0v) is 11.9. The van der Waals surface area contributed by atoms with Gasteiger partial charge < -0.3 is 19.7 Å². The molecule has 2 rings (SSSR count). The summed E-state index contributed by atoms with van der Waals surface area (Å²) < 4.78 is 11.0. The number of rotatable bonds is 5. The molecule has 4 heteroatoms. The minimum absolute atomic E-state index is 0.424. The van der Waals surface area contributed by atoms with Crippen LogP contribution in [-0.2, 0) is 9.47 Å². The average molecular weight is 256 g/mol. The number of nitrogens with one attached hydrogen (secondary N) is 1. The summed E-state index contributed by atoms with van der Waals surface area (Å²) in [6.45, 7) is 6.55. The first-order valence-corrected chi connectivity index (χ1v) is 7.25. The molecular formula is C14H28N2O2. The topological polar surface area (TPSA) is 33.7 Å². The van der Waals surface area contributed by atoms with Crippen LogP contribution in [0.25, 0.3) is 0 Å². The number of likely N-dealkylation sites (tertiary alicyclic amines) is 1. The number of ether oxygens (including phenoxy) is 2. The van der Waals surface area contributed by atoms with Crippen molar-refractivity contribution in [1.29, 1.82) is 0 Å². The van der Waals surface area contributed by atoms with Gasteiger partial charge in [0.1, 0.15) is 0 Å². The predicted octanol–water partition coefficient (Wildman–Crippen LogP) is 1.11. The highest BCUT2D eigenvalue weighted by Gasteiger charge is 2.34. The van der Waals surface area contributed by atoms with Crippen LogP contribution in [0.1, 0.15) is 25.7 Å². The summed E-state index contributed by atoms with van der Waals surface area (Å²) in [7, 11) is 3.90. The lowest BCUT2D eigenvalue weighted by atomic mass is 9.79. The van der Waals surface area contributed by atoms with E-state index < -0.39 is 0 Å². The zero-order valence-electron chi connectivity index (χ0n) is 11.9. The van der Waals surface area contributed by atoms with Crippen molar-refractivity contribution in [2.24, 2.45) is 5.41 Å². The van der Waals surface area contributed by atoms with Gasteiger partial charge in [-0.3, -0.25) is 0 Å². The third-order valence-corrected chi connectivity index (χ3v) is 4.53. The molecule has 0 bridgehead atoms. The van der Waals surface area contributed by atoms with E-state index in [4.69, 9.17) is 9.47 Å². The van der Waals surface area contributed by atoms with Crippen molar-refractivity contribution in [3.8, 4) is 0 Å². The van der Waals surface area contributed by atoms with E-state index in [9.17, 15) is 0 Å². The summed E-state index contributed by atoms with van der Waals surface area (Å²) in [6.07, 6.45) is 5.23. The Morgan fingerprint density at radius 1 is 1.28 bits per heavy atom. The van der Waals surface area contributed by atoms with E-state index in [0.29, 0.717) is 11.5 Å². The Kier molecular flexibility index (Phi) is 5.42. The van der Waals surface area contributed by atoms with Crippen LogP contribution in [0.15, 0.2) is 0 Å². The predicted molar refractivity (Wildman–Crippen MR) is 72.9 cm³/mol. The molecule has 0 spiro atoms. The first kappa shape index (κ1) is 14.3. The van der Waals surface area contributed by atoms with Crippen molar-refractivity contribution in [3.05, 3.63) is 0 Å². The Morgan fingerprint density at radius 2 is 1.94 bits per heavy atom. The molecule has 0 saturated carbocycles. The highest BCUT2D eigenvalue weighted by atomic mass is 16.5. The molecule has 106 valence electrons. The van der Waals surface area contributed by atoms with Gasteiger partial charge in [0.05, 0.1) is 6.10 Å². The fourth-order valence-corrected chi connectivity index (χ4v) is 3.35. The van der Waals surface area contributed by atoms with Gasteiger partial charge in [0.25, 0.3) is 0 Å². The molecule has 0 aromatic rings. The Hall–Kier alpha value is -0.160. The van der Waals surface area contributed by atoms with Crippen molar-refractivity contribution >= 4 is 0 Å². The Bertz CT molecular complexity index is 228. The van der Waals surface area contributed by atoms with Crippen LogP contribution in [-0.4, -0.2) is 64.6 Å². The van der Waals surface area contributed by atoms with E-state index in [0.717, 1.165) is 19.8 Å². The van der Waals surface area contributed by atoms with Crippen molar-refractivity contribution in [2.75, 3.05) is 53.6 Å². The summed E-state index contributed by atoms with van der Waals surface area (Å²) in [5, 5.41) is 3.38. The van der Waals surface area contributed by atoms with Gasteiger partial charge in [0.2, 0.25) is 0 Å². The third kappa shape index (κ3) is 3.67. The number of nitrogens with zero attached hydrogens (tertiary/aromatic N) is 1. The average Bonchev–Trinajstić information content (AvgIpc) is 2.41. The van der Waals surface area contributed by atoms with Crippen LogP contribution < -0.4 is 5.32 Å². The standard InChI is InChI=1S/C14H28N2O2/c1-15-11-14(5-9-18-10-6-14)12-16-7-3-13(17-2)4-8-16/h13,15H,3-12H2,1-2H3. The fraction of sp³-hybridized carbons (Fsp3) is 1.00. The lowest BCUT2D eigenvalue weighted by molar-refractivity contribution is -0.0200. The SMILES string of the molecule is CNCC1(CN2CCC(OC)CC2)CCOCC1. The number of hydrogen-bond acceptors (Lipinski definition) is 4. The van der Waals surface area contributed by atoms with Gasteiger partial charge in [0, 0.05) is 46.5 Å². The minimum atomic E-state index is 0.424. The second kappa shape index (κ2) is 6.85. The summed E-state index contributed by atoms with van der Waals surface area (Å²) in [5.74, 6) is 0. The number of methoxy groups -OCH3 is 1. The minimum Gasteiger partial charge on any atom is -0.381 e. The van der Waals surface area contributed by atoms with Crippen molar-refractivity contribution in [3.63, 3.8) is 0 Å². The highest BCUT2D eigenvalue weighted by molar-refractivity contribution is 4.88. The molecule has 0 aromatic carbocycles. The molecule has 0 radical (unpaired) electrons. The molecule has 0 aliphatic carbocycles. The van der Waals surface area contributed by atoms with Crippen LogP contribution in [0.3, 0.4) is 0 Å². The zero-order chi connectivity index (χ0) is 12.8.